The summed E-state index contributed by atoms with van der Waals surface area (Å²) in [5.74, 6) is 0.402. The molecule has 0 heterocycles. The molecule has 5 rings (SSSR count). The van der Waals surface area contributed by atoms with Crippen LogP contribution in [-0.4, -0.2) is 5.97 Å². The van der Waals surface area contributed by atoms with Crippen molar-refractivity contribution in [2.24, 2.45) is 0 Å². The van der Waals surface area contributed by atoms with Gasteiger partial charge in [0.25, 0.3) is 0 Å². The van der Waals surface area contributed by atoms with Crippen molar-refractivity contribution in [3.05, 3.63) is 117 Å². The fraction of sp³-hybridized carbons (Fsp3) is 0.115. The molecule has 3 aromatic carbocycles. The van der Waals surface area contributed by atoms with E-state index in [9.17, 15) is 4.79 Å². The van der Waals surface area contributed by atoms with Crippen molar-refractivity contribution < 1.29 is 9.53 Å². The molecule has 0 radical (unpaired) electrons. The fourth-order valence-corrected chi connectivity index (χ4v) is 4.40. The van der Waals surface area contributed by atoms with Crippen LogP contribution in [-0.2, 0) is 4.74 Å². The monoisotopic (exact) mass is 398 g/mol. The zero-order valence-corrected chi connectivity index (χ0v) is 16.5. The predicted octanol–water partition coefficient (Wildman–Crippen LogP) is 6.88. The average Bonchev–Trinajstić information content (AvgIpc) is 3.14. The van der Waals surface area contributed by atoms with Gasteiger partial charge in [-0.25, -0.2) is 4.79 Å². The van der Waals surface area contributed by atoms with Gasteiger partial charge in [0.2, 0.25) is 0 Å². The molecule has 142 valence electrons. The van der Waals surface area contributed by atoms with Gasteiger partial charge in [-0.2, -0.15) is 0 Å². The summed E-state index contributed by atoms with van der Waals surface area (Å²) in [6.07, 6.45) is 4.02. The van der Waals surface area contributed by atoms with E-state index in [4.69, 9.17) is 16.3 Å². The highest BCUT2D eigenvalue weighted by atomic mass is 35.5. The molecular weight excluding hydrogens is 380 g/mol. The van der Waals surface area contributed by atoms with Gasteiger partial charge in [0.15, 0.2) is 0 Å². The van der Waals surface area contributed by atoms with Crippen LogP contribution in [0.2, 0.25) is 5.02 Å². The van der Waals surface area contributed by atoms with Crippen molar-refractivity contribution in [2.75, 3.05) is 0 Å². The first-order valence-corrected chi connectivity index (χ1v) is 10.1. The Balaban J connectivity index is 1.63. The molecule has 2 aliphatic rings. The van der Waals surface area contributed by atoms with E-state index in [0.717, 1.165) is 29.7 Å². The summed E-state index contributed by atoms with van der Waals surface area (Å²) < 4.78 is 6.11. The van der Waals surface area contributed by atoms with Crippen LogP contribution in [0, 0.1) is 0 Å². The summed E-state index contributed by atoms with van der Waals surface area (Å²) in [7, 11) is 0. The summed E-state index contributed by atoms with van der Waals surface area (Å²) in [5, 5.41) is 0.694. The lowest BCUT2D eigenvalue weighted by atomic mass is 9.80. The summed E-state index contributed by atoms with van der Waals surface area (Å²) >= 11 is 6.10. The molecule has 1 atom stereocenters. The molecule has 2 nitrogen and oxygen atoms in total. The standard InChI is InChI=1S/C26H19ClO2/c27-21-13-10-17(11-14-21)23-15-12-20-16-19-8-4-5-9-22(19)24(20)25(23)29-26(28)18-6-2-1-3-7-18/h1-11,13-14,16,24H,12,15H2. The predicted molar refractivity (Wildman–Crippen MR) is 117 cm³/mol. The summed E-state index contributed by atoms with van der Waals surface area (Å²) in [6.45, 7) is 0. The molecule has 0 fully saturated rings. The number of ether oxygens (including phenoxy) is 1. The quantitative estimate of drug-likeness (QED) is 0.449. The zero-order chi connectivity index (χ0) is 19.8. The van der Waals surface area contributed by atoms with Gasteiger partial charge in [-0.1, -0.05) is 77.8 Å². The number of fused-ring (bicyclic) bond motifs is 3. The van der Waals surface area contributed by atoms with Crippen molar-refractivity contribution in [1.29, 1.82) is 0 Å². The van der Waals surface area contributed by atoms with E-state index in [1.165, 1.54) is 16.7 Å². The van der Waals surface area contributed by atoms with Gasteiger partial charge in [0.05, 0.1) is 11.5 Å². The second-order valence-corrected chi connectivity index (χ2v) is 7.82. The number of hydrogen-bond acceptors (Lipinski definition) is 2. The van der Waals surface area contributed by atoms with Crippen molar-refractivity contribution in [3.63, 3.8) is 0 Å². The molecule has 0 saturated carbocycles. The van der Waals surface area contributed by atoms with E-state index in [-0.39, 0.29) is 11.9 Å². The molecule has 1 unspecified atom stereocenters. The smallest absolute Gasteiger partial charge is 0.343 e. The number of carbonyl (C=O) groups is 1. The van der Waals surface area contributed by atoms with E-state index in [1.807, 2.05) is 54.6 Å². The summed E-state index contributed by atoms with van der Waals surface area (Å²) in [6, 6.07) is 25.3. The van der Waals surface area contributed by atoms with Crippen LogP contribution in [0.5, 0.6) is 0 Å². The lowest BCUT2D eigenvalue weighted by Crippen LogP contribution is -2.17. The Kier molecular flexibility index (Phi) is 4.57. The number of carbonyl (C=O) groups excluding carboxylic acids is 1. The highest BCUT2D eigenvalue weighted by Gasteiger charge is 2.36. The van der Waals surface area contributed by atoms with E-state index in [1.54, 1.807) is 12.1 Å². The Labute approximate surface area is 175 Å². The fourth-order valence-electron chi connectivity index (χ4n) is 4.27. The number of hydrogen-bond donors (Lipinski definition) is 0. The van der Waals surface area contributed by atoms with Gasteiger partial charge in [-0.05, 0) is 59.4 Å². The van der Waals surface area contributed by atoms with Crippen molar-refractivity contribution in [2.45, 2.75) is 18.8 Å². The zero-order valence-electron chi connectivity index (χ0n) is 15.8. The van der Waals surface area contributed by atoms with Crippen molar-refractivity contribution in [1.82, 2.24) is 0 Å². The van der Waals surface area contributed by atoms with Gasteiger partial charge in [-0.3, -0.25) is 0 Å². The lowest BCUT2D eigenvalue weighted by molar-refractivity contribution is 0.0609. The molecule has 0 amide bonds. The van der Waals surface area contributed by atoms with E-state index < -0.39 is 0 Å². The maximum atomic E-state index is 12.9. The van der Waals surface area contributed by atoms with E-state index >= 15 is 0 Å². The largest absolute Gasteiger partial charge is 0.426 e. The van der Waals surface area contributed by atoms with Crippen LogP contribution in [0.1, 0.15) is 45.8 Å². The Hall–Kier alpha value is -3.10. The second-order valence-electron chi connectivity index (χ2n) is 7.39. The average molecular weight is 399 g/mol. The normalized spacial score (nSPS) is 17.4. The molecule has 3 aromatic rings. The van der Waals surface area contributed by atoms with Crippen molar-refractivity contribution >= 4 is 29.2 Å². The lowest BCUT2D eigenvalue weighted by Gasteiger charge is -2.28. The second kappa shape index (κ2) is 7.38. The van der Waals surface area contributed by atoms with Crippen LogP contribution in [0.3, 0.4) is 0 Å². The van der Waals surface area contributed by atoms with Crippen LogP contribution < -0.4 is 0 Å². The minimum absolute atomic E-state index is 0.0155. The first-order valence-electron chi connectivity index (χ1n) is 9.76. The number of halogens is 1. The van der Waals surface area contributed by atoms with E-state index in [2.05, 4.69) is 18.2 Å². The molecule has 2 aliphatic carbocycles. The van der Waals surface area contributed by atoms with Gasteiger partial charge in [0.1, 0.15) is 5.76 Å². The third-order valence-corrected chi connectivity index (χ3v) is 5.90. The first-order chi connectivity index (χ1) is 14.2. The minimum Gasteiger partial charge on any atom is -0.426 e. The number of allylic oxidation sites excluding steroid dienone is 2. The van der Waals surface area contributed by atoms with Gasteiger partial charge < -0.3 is 4.74 Å². The highest BCUT2D eigenvalue weighted by molar-refractivity contribution is 6.30. The third kappa shape index (κ3) is 3.30. The molecule has 0 bridgehead atoms. The molecular formula is C26H19ClO2. The molecule has 0 saturated heterocycles. The Bertz CT molecular complexity index is 1140. The summed E-state index contributed by atoms with van der Waals surface area (Å²) in [4.78, 5) is 12.9. The topological polar surface area (TPSA) is 26.3 Å². The van der Waals surface area contributed by atoms with Crippen LogP contribution >= 0.6 is 11.6 Å². The molecule has 0 aliphatic heterocycles. The highest BCUT2D eigenvalue weighted by Crippen LogP contribution is 2.50. The van der Waals surface area contributed by atoms with Crippen LogP contribution in [0.4, 0.5) is 0 Å². The number of rotatable bonds is 3. The third-order valence-electron chi connectivity index (χ3n) is 5.65. The Morgan fingerprint density at radius 2 is 1.59 bits per heavy atom. The van der Waals surface area contributed by atoms with Gasteiger partial charge in [-0.15, -0.1) is 0 Å². The van der Waals surface area contributed by atoms with Gasteiger partial charge >= 0.3 is 5.97 Å². The Morgan fingerprint density at radius 3 is 2.38 bits per heavy atom. The number of esters is 1. The van der Waals surface area contributed by atoms with E-state index in [0.29, 0.717) is 10.6 Å². The molecule has 3 heteroatoms. The molecule has 0 spiro atoms. The SMILES string of the molecule is O=C(OC1=C(c2ccc(Cl)cc2)CCC2=Cc3ccccc3C21)c1ccccc1. The Morgan fingerprint density at radius 1 is 0.862 bits per heavy atom. The molecule has 0 N–H and O–H groups in total. The van der Waals surface area contributed by atoms with Crippen molar-refractivity contribution in [3.8, 4) is 0 Å². The van der Waals surface area contributed by atoms with Crippen LogP contribution in [0.25, 0.3) is 11.6 Å². The maximum absolute atomic E-state index is 12.9. The summed E-state index contributed by atoms with van der Waals surface area (Å²) in [5.41, 5.74) is 6.39. The number of benzene rings is 3. The minimum atomic E-state index is -0.322. The maximum Gasteiger partial charge on any atom is 0.343 e. The first kappa shape index (κ1) is 18.0. The molecule has 29 heavy (non-hydrogen) atoms. The van der Waals surface area contributed by atoms with Crippen LogP contribution in [0.15, 0.2) is 90.2 Å². The van der Waals surface area contributed by atoms with Gasteiger partial charge in [0, 0.05) is 5.02 Å². The molecule has 0 aromatic heterocycles.